The summed E-state index contributed by atoms with van der Waals surface area (Å²) in [6.45, 7) is 2.06. The maximum absolute atomic E-state index is 13.3. The van der Waals surface area contributed by atoms with Gasteiger partial charge in [0.1, 0.15) is 11.3 Å². The van der Waals surface area contributed by atoms with Crippen molar-refractivity contribution < 1.29 is 4.79 Å². The fourth-order valence-electron chi connectivity index (χ4n) is 3.73. The van der Waals surface area contributed by atoms with E-state index in [1.54, 1.807) is 18.3 Å². The van der Waals surface area contributed by atoms with Crippen LogP contribution in [0.3, 0.4) is 0 Å². The first-order valence-electron chi connectivity index (χ1n) is 7.81. The molecule has 1 N–H and O–H groups in total. The van der Waals surface area contributed by atoms with Gasteiger partial charge in [-0.3, -0.25) is 9.79 Å². The van der Waals surface area contributed by atoms with Gasteiger partial charge in [0.05, 0.1) is 16.8 Å². The van der Waals surface area contributed by atoms with Crippen LogP contribution in [0, 0.1) is 5.41 Å². The van der Waals surface area contributed by atoms with Crippen LogP contribution in [0.4, 0.5) is 0 Å². The lowest BCUT2D eigenvalue weighted by Crippen LogP contribution is -2.54. The average molecular weight is 329 g/mol. The van der Waals surface area contributed by atoms with E-state index in [1.165, 1.54) is 0 Å². The van der Waals surface area contributed by atoms with Gasteiger partial charge in [-0.25, -0.2) is 4.98 Å². The molecule has 1 aliphatic carbocycles. The Balaban J connectivity index is 1.79. The molecule has 0 spiro atoms. The number of hydrogen-bond donors (Lipinski definition) is 1. The highest BCUT2D eigenvalue weighted by Gasteiger charge is 2.49. The summed E-state index contributed by atoms with van der Waals surface area (Å²) >= 11 is 5.97. The monoisotopic (exact) mass is 328 g/mol. The van der Waals surface area contributed by atoms with E-state index in [0.717, 1.165) is 17.8 Å². The Morgan fingerprint density at radius 1 is 1.43 bits per heavy atom. The molecule has 4 rings (SSSR count). The number of aryl methyl sites for hydroxylation is 1. The number of ketones is 1. The van der Waals surface area contributed by atoms with E-state index in [4.69, 9.17) is 11.6 Å². The first-order chi connectivity index (χ1) is 11.2. The van der Waals surface area contributed by atoms with Crippen molar-refractivity contribution in [2.45, 2.75) is 32.4 Å². The third-order valence-corrected chi connectivity index (χ3v) is 5.22. The van der Waals surface area contributed by atoms with Crippen LogP contribution in [0.2, 0.25) is 5.15 Å². The molecule has 3 aliphatic rings. The zero-order chi connectivity index (χ0) is 16.0. The van der Waals surface area contributed by atoms with Gasteiger partial charge in [0, 0.05) is 30.4 Å². The molecule has 118 valence electrons. The van der Waals surface area contributed by atoms with Gasteiger partial charge < -0.3 is 10.2 Å². The lowest BCUT2D eigenvalue weighted by atomic mass is 9.66. The van der Waals surface area contributed by atoms with Gasteiger partial charge in [0.2, 0.25) is 0 Å². The highest BCUT2D eigenvalue weighted by Crippen LogP contribution is 2.41. The van der Waals surface area contributed by atoms with Crippen molar-refractivity contribution in [1.82, 2.24) is 15.2 Å². The summed E-state index contributed by atoms with van der Waals surface area (Å²) in [5, 5.41) is 3.73. The van der Waals surface area contributed by atoms with Crippen molar-refractivity contribution >= 4 is 23.1 Å². The molecule has 0 aromatic carbocycles. The summed E-state index contributed by atoms with van der Waals surface area (Å²) in [7, 11) is 0. The SMILES string of the molecule is CCC1(C2=NC=CN3C=CNC23)CCc2nc(Cl)ccc2C1=O. The van der Waals surface area contributed by atoms with Crippen molar-refractivity contribution in [2.24, 2.45) is 10.4 Å². The highest BCUT2D eigenvalue weighted by atomic mass is 35.5. The molecule has 0 amide bonds. The van der Waals surface area contributed by atoms with Crippen molar-refractivity contribution in [1.29, 1.82) is 0 Å². The summed E-state index contributed by atoms with van der Waals surface area (Å²) in [4.78, 5) is 24.3. The van der Waals surface area contributed by atoms with Crippen LogP contribution in [0.5, 0.6) is 0 Å². The molecule has 0 saturated carbocycles. The molecule has 2 unspecified atom stereocenters. The van der Waals surface area contributed by atoms with Crippen molar-refractivity contribution in [2.75, 3.05) is 0 Å². The molecule has 0 fully saturated rings. The smallest absolute Gasteiger partial charge is 0.176 e. The number of nitrogens with one attached hydrogen (secondary N) is 1. The number of Topliss-reactive ketones (excluding diaryl/α,β-unsaturated/α-hetero) is 1. The Morgan fingerprint density at radius 2 is 2.30 bits per heavy atom. The summed E-state index contributed by atoms with van der Waals surface area (Å²) in [5.74, 6) is 0.105. The molecule has 0 bridgehead atoms. The third kappa shape index (κ3) is 2.03. The maximum atomic E-state index is 13.3. The third-order valence-electron chi connectivity index (χ3n) is 5.01. The van der Waals surface area contributed by atoms with Gasteiger partial charge in [0.15, 0.2) is 5.78 Å². The number of nitrogens with zero attached hydrogens (tertiary/aromatic N) is 3. The Labute approximate surface area is 139 Å². The van der Waals surface area contributed by atoms with E-state index in [0.29, 0.717) is 23.6 Å². The van der Waals surface area contributed by atoms with Gasteiger partial charge in [-0.1, -0.05) is 18.5 Å². The van der Waals surface area contributed by atoms with Gasteiger partial charge in [0.25, 0.3) is 0 Å². The predicted molar refractivity (Wildman–Crippen MR) is 89.1 cm³/mol. The molecular formula is C17H17ClN4O. The molecule has 6 heteroatoms. The number of pyridine rings is 1. The van der Waals surface area contributed by atoms with Crippen molar-refractivity contribution in [3.63, 3.8) is 0 Å². The predicted octanol–water partition coefficient (Wildman–Crippen LogP) is 2.89. The average Bonchev–Trinajstić information content (AvgIpc) is 3.04. The molecule has 5 nitrogen and oxygen atoms in total. The summed E-state index contributed by atoms with van der Waals surface area (Å²) in [6.07, 6.45) is 9.61. The highest BCUT2D eigenvalue weighted by molar-refractivity contribution is 6.29. The second-order valence-electron chi connectivity index (χ2n) is 6.04. The van der Waals surface area contributed by atoms with Crippen LogP contribution < -0.4 is 5.32 Å². The molecule has 1 aromatic heterocycles. The van der Waals surface area contributed by atoms with E-state index in [2.05, 4.69) is 22.2 Å². The van der Waals surface area contributed by atoms with Crippen LogP contribution >= 0.6 is 11.6 Å². The minimum absolute atomic E-state index is 0.0780. The van der Waals surface area contributed by atoms with Gasteiger partial charge >= 0.3 is 0 Å². The number of aliphatic imine (C=N–C) groups is 1. The summed E-state index contributed by atoms with van der Waals surface area (Å²) in [6, 6.07) is 3.49. The van der Waals surface area contributed by atoms with Crippen LogP contribution in [-0.4, -0.2) is 27.5 Å². The lowest BCUT2D eigenvalue weighted by Gasteiger charge is -2.41. The fraction of sp³-hybridized carbons (Fsp3) is 0.353. The van der Waals surface area contributed by atoms with Crippen LogP contribution in [-0.2, 0) is 6.42 Å². The second-order valence-corrected chi connectivity index (χ2v) is 6.42. The number of rotatable bonds is 2. The molecular weight excluding hydrogens is 312 g/mol. The molecule has 2 atom stereocenters. The number of halogens is 1. The number of aromatic nitrogens is 1. The molecule has 3 heterocycles. The van der Waals surface area contributed by atoms with Gasteiger partial charge in [-0.15, -0.1) is 0 Å². The van der Waals surface area contributed by atoms with E-state index in [1.807, 2.05) is 23.5 Å². The maximum Gasteiger partial charge on any atom is 0.176 e. The summed E-state index contributed by atoms with van der Waals surface area (Å²) in [5.41, 5.74) is 1.78. The zero-order valence-corrected chi connectivity index (χ0v) is 13.5. The molecule has 1 aromatic rings. The second kappa shape index (κ2) is 5.20. The zero-order valence-electron chi connectivity index (χ0n) is 12.8. The molecule has 23 heavy (non-hydrogen) atoms. The number of carbonyl (C=O) groups is 1. The van der Waals surface area contributed by atoms with E-state index >= 15 is 0 Å². The first kappa shape index (κ1) is 14.5. The quantitative estimate of drug-likeness (QED) is 0.848. The number of fused-ring (bicyclic) bond motifs is 2. The topological polar surface area (TPSA) is 57.6 Å². The van der Waals surface area contributed by atoms with Crippen LogP contribution in [0.1, 0.15) is 35.8 Å². The number of hydrogen-bond acceptors (Lipinski definition) is 5. The van der Waals surface area contributed by atoms with E-state index < -0.39 is 5.41 Å². The minimum atomic E-state index is -0.588. The van der Waals surface area contributed by atoms with Gasteiger partial charge in [-0.05, 0) is 31.4 Å². The van der Waals surface area contributed by atoms with Crippen LogP contribution in [0.25, 0.3) is 0 Å². The summed E-state index contributed by atoms with van der Waals surface area (Å²) < 4.78 is 0. The van der Waals surface area contributed by atoms with Gasteiger partial charge in [-0.2, -0.15) is 0 Å². The number of carbonyl (C=O) groups excluding carboxylic acids is 1. The Bertz CT molecular complexity index is 770. The standard InChI is InChI=1S/C17H17ClN4O/c1-2-17(14-16-20-8-10-22(16)9-7-19-14)6-5-12-11(15(17)23)3-4-13(18)21-12/h3-4,7-10,16,20H,2,5-6H2,1H3. The Morgan fingerprint density at radius 3 is 3.13 bits per heavy atom. The largest absolute Gasteiger partial charge is 0.365 e. The Kier molecular flexibility index (Phi) is 3.27. The van der Waals surface area contributed by atoms with Crippen molar-refractivity contribution in [3.05, 3.63) is 53.3 Å². The van der Waals surface area contributed by atoms with E-state index in [-0.39, 0.29) is 11.9 Å². The molecule has 2 aliphatic heterocycles. The molecule has 0 saturated heterocycles. The lowest BCUT2D eigenvalue weighted by molar-refractivity contribution is 0.0834. The molecule has 0 radical (unpaired) electrons. The normalized spacial score (nSPS) is 28.3. The fourth-order valence-corrected chi connectivity index (χ4v) is 3.90. The first-order valence-corrected chi connectivity index (χ1v) is 8.19. The van der Waals surface area contributed by atoms with E-state index in [9.17, 15) is 4.79 Å². The van der Waals surface area contributed by atoms with Crippen molar-refractivity contribution in [3.8, 4) is 0 Å². The van der Waals surface area contributed by atoms with Crippen LogP contribution in [0.15, 0.2) is 41.9 Å². The minimum Gasteiger partial charge on any atom is -0.365 e. The Hall–Kier alpha value is -2.14.